The van der Waals surface area contributed by atoms with Gasteiger partial charge in [-0.3, -0.25) is 4.79 Å². The zero-order valence-corrected chi connectivity index (χ0v) is 18.3. The number of Topliss-reactive ketones (excluding diaryl/α,β-unsaturated/α-hetero) is 1. The van der Waals surface area contributed by atoms with Crippen molar-refractivity contribution in [1.29, 1.82) is 0 Å². The highest BCUT2D eigenvalue weighted by Gasteiger charge is 2.36. The molecule has 2 unspecified atom stereocenters. The van der Waals surface area contributed by atoms with Crippen molar-refractivity contribution in [3.05, 3.63) is 89.1 Å². The summed E-state index contributed by atoms with van der Waals surface area (Å²) in [7, 11) is 1.66. The molecule has 2 atom stereocenters. The average molecular weight is 440 g/mol. The van der Waals surface area contributed by atoms with Gasteiger partial charge in [-0.05, 0) is 59.9 Å². The van der Waals surface area contributed by atoms with Gasteiger partial charge in [-0.1, -0.05) is 30.3 Å². The molecule has 0 bridgehead atoms. The van der Waals surface area contributed by atoms with Crippen LogP contribution in [0.25, 0.3) is 0 Å². The normalized spacial score (nSPS) is 20.8. The first-order chi connectivity index (χ1) is 16.2. The van der Waals surface area contributed by atoms with Crippen LogP contribution < -0.4 is 24.8 Å². The van der Waals surface area contributed by atoms with E-state index in [0.717, 1.165) is 51.7 Å². The summed E-state index contributed by atoms with van der Waals surface area (Å²) >= 11 is 0. The standard InChI is InChI=1S/C27H24N2O4/c1-31-19-6-4-5-16(11-19)18-12-22-26(23(30)13-18)27(29-21-8-3-2-7-20(21)28-22)17-9-10-24-25(14-17)33-15-32-24/h2-11,14,18,27-29H,12-13,15H2,1H3. The Balaban J connectivity index is 1.44. The van der Waals surface area contributed by atoms with Gasteiger partial charge in [0.05, 0.1) is 24.5 Å². The predicted octanol–water partition coefficient (Wildman–Crippen LogP) is 5.40. The number of benzene rings is 3. The van der Waals surface area contributed by atoms with E-state index in [-0.39, 0.29) is 24.5 Å². The van der Waals surface area contributed by atoms with E-state index in [4.69, 9.17) is 14.2 Å². The number of anilines is 2. The Bertz CT molecular complexity index is 1280. The fourth-order valence-electron chi connectivity index (χ4n) is 4.97. The van der Waals surface area contributed by atoms with Crippen LogP contribution in [0.15, 0.2) is 78.0 Å². The number of carbonyl (C=O) groups excluding carboxylic acids is 1. The molecule has 0 saturated carbocycles. The number of ketones is 1. The smallest absolute Gasteiger partial charge is 0.231 e. The first kappa shape index (κ1) is 19.7. The van der Waals surface area contributed by atoms with Crippen LogP contribution in [-0.4, -0.2) is 19.7 Å². The van der Waals surface area contributed by atoms with Crippen molar-refractivity contribution in [2.75, 3.05) is 24.5 Å². The minimum absolute atomic E-state index is 0.0847. The first-order valence-corrected chi connectivity index (χ1v) is 11.1. The minimum Gasteiger partial charge on any atom is -0.497 e. The van der Waals surface area contributed by atoms with Crippen molar-refractivity contribution in [2.45, 2.75) is 24.8 Å². The van der Waals surface area contributed by atoms with E-state index in [1.165, 1.54) is 0 Å². The third-order valence-electron chi connectivity index (χ3n) is 6.60. The number of methoxy groups -OCH3 is 1. The number of carbonyl (C=O) groups is 1. The Morgan fingerprint density at radius 2 is 1.73 bits per heavy atom. The van der Waals surface area contributed by atoms with Crippen LogP contribution in [0.2, 0.25) is 0 Å². The lowest BCUT2D eigenvalue weighted by molar-refractivity contribution is -0.116. The van der Waals surface area contributed by atoms with Gasteiger partial charge in [-0.15, -0.1) is 0 Å². The number of nitrogens with one attached hydrogen (secondary N) is 2. The fraction of sp³-hybridized carbons (Fsp3) is 0.222. The lowest BCUT2D eigenvalue weighted by Gasteiger charge is -2.30. The van der Waals surface area contributed by atoms with Gasteiger partial charge >= 0.3 is 0 Å². The predicted molar refractivity (Wildman–Crippen MR) is 126 cm³/mol. The molecule has 1 aliphatic carbocycles. The van der Waals surface area contributed by atoms with Gasteiger partial charge in [0.1, 0.15) is 5.75 Å². The molecule has 0 saturated heterocycles. The molecule has 6 heteroatoms. The Labute approximate surface area is 192 Å². The Hall–Kier alpha value is -3.93. The largest absolute Gasteiger partial charge is 0.497 e. The summed E-state index contributed by atoms with van der Waals surface area (Å²) in [5.41, 5.74) is 5.75. The number of hydrogen-bond acceptors (Lipinski definition) is 6. The van der Waals surface area contributed by atoms with Gasteiger partial charge < -0.3 is 24.8 Å². The monoisotopic (exact) mass is 440 g/mol. The zero-order chi connectivity index (χ0) is 22.4. The molecule has 2 aliphatic heterocycles. The molecule has 33 heavy (non-hydrogen) atoms. The summed E-state index contributed by atoms with van der Waals surface area (Å²) in [6.07, 6.45) is 1.19. The molecule has 0 spiro atoms. The maximum absolute atomic E-state index is 13.7. The van der Waals surface area contributed by atoms with Crippen molar-refractivity contribution in [1.82, 2.24) is 0 Å². The second-order valence-electron chi connectivity index (χ2n) is 8.56. The summed E-state index contributed by atoms with van der Waals surface area (Å²) in [6.45, 7) is 0.219. The van der Waals surface area contributed by atoms with E-state index in [1.807, 2.05) is 60.7 Å². The SMILES string of the molecule is COc1cccc(C2CC(=O)C3=C(C2)Nc2ccccc2NC3c2ccc3c(c2)OCO3)c1. The van der Waals surface area contributed by atoms with Crippen LogP contribution in [0.3, 0.4) is 0 Å². The summed E-state index contributed by atoms with van der Waals surface area (Å²) in [5, 5.41) is 7.19. The van der Waals surface area contributed by atoms with E-state index < -0.39 is 0 Å². The molecule has 2 N–H and O–H groups in total. The molecule has 0 amide bonds. The number of allylic oxidation sites excluding steroid dienone is 1. The number of para-hydroxylation sites is 2. The first-order valence-electron chi connectivity index (χ1n) is 11.1. The highest BCUT2D eigenvalue weighted by Crippen LogP contribution is 2.46. The molecule has 0 aromatic heterocycles. The summed E-state index contributed by atoms with van der Waals surface area (Å²) in [5.74, 6) is 2.47. The maximum Gasteiger partial charge on any atom is 0.231 e. The summed E-state index contributed by atoms with van der Waals surface area (Å²) < 4.78 is 16.5. The minimum atomic E-state index is -0.288. The fourth-order valence-corrected chi connectivity index (χ4v) is 4.97. The lowest BCUT2D eigenvalue weighted by atomic mass is 9.78. The van der Waals surface area contributed by atoms with Crippen LogP contribution in [0.4, 0.5) is 11.4 Å². The molecule has 6 rings (SSSR count). The highest BCUT2D eigenvalue weighted by molar-refractivity contribution is 6.01. The van der Waals surface area contributed by atoms with Gasteiger partial charge in [0.25, 0.3) is 0 Å². The Morgan fingerprint density at radius 3 is 2.61 bits per heavy atom. The molecule has 3 aliphatic rings. The van der Waals surface area contributed by atoms with Crippen LogP contribution in [0.1, 0.15) is 35.9 Å². The molecule has 0 radical (unpaired) electrons. The number of rotatable bonds is 3. The van der Waals surface area contributed by atoms with Crippen molar-refractivity contribution >= 4 is 17.2 Å². The molecule has 166 valence electrons. The molecular weight excluding hydrogens is 416 g/mol. The van der Waals surface area contributed by atoms with Crippen molar-refractivity contribution in [3.63, 3.8) is 0 Å². The Kier molecular flexibility index (Phi) is 4.72. The number of hydrogen-bond donors (Lipinski definition) is 2. The molecule has 3 aromatic carbocycles. The highest BCUT2D eigenvalue weighted by atomic mass is 16.7. The van der Waals surface area contributed by atoms with Crippen LogP contribution in [0, 0.1) is 0 Å². The van der Waals surface area contributed by atoms with Gasteiger partial charge in [-0.25, -0.2) is 0 Å². The van der Waals surface area contributed by atoms with Gasteiger partial charge in [0.2, 0.25) is 6.79 Å². The van der Waals surface area contributed by atoms with Gasteiger partial charge in [0, 0.05) is 17.7 Å². The van der Waals surface area contributed by atoms with E-state index in [0.29, 0.717) is 12.2 Å². The Morgan fingerprint density at radius 1 is 0.879 bits per heavy atom. The molecule has 6 nitrogen and oxygen atoms in total. The molecule has 3 aromatic rings. The quantitative estimate of drug-likeness (QED) is 0.568. The second kappa shape index (κ2) is 7.89. The van der Waals surface area contributed by atoms with Crippen molar-refractivity contribution in [3.8, 4) is 17.2 Å². The third-order valence-corrected chi connectivity index (χ3v) is 6.60. The van der Waals surface area contributed by atoms with E-state index in [2.05, 4.69) is 16.7 Å². The molecular formula is C27H24N2O4. The van der Waals surface area contributed by atoms with Crippen LogP contribution in [-0.2, 0) is 4.79 Å². The summed E-state index contributed by atoms with van der Waals surface area (Å²) in [6, 6.07) is 21.7. The topological polar surface area (TPSA) is 68.8 Å². The van der Waals surface area contributed by atoms with E-state index >= 15 is 0 Å². The third kappa shape index (κ3) is 3.48. The average Bonchev–Trinajstić information content (AvgIpc) is 3.24. The van der Waals surface area contributed by atoms with Gasteiger partial charge in [-0.2, -0.15) is 0 Å². The molecule has 0 fully saturated rings. The van der Waals surface area contributed by atoms with Crippen LogP contribution >= 0.6 is 0 Å². The van der Waals surface area contributed by atoms with Gasteiger partial charge in [0.15, 0.2) is 17.3 Å². The van der Waals surface area contributed by atoms with E-state index in [9.17, 15) is 4.79 Å². The summed E-state index contributed by atoms with van der Waals surface area (Å²) in [4.78, 5) is 13.7. The maximum atomic E-state index is 13.7. The van der Waals surface area contributed by atoms with Crippen molar-refractivity contribution < 1.29 is 19.0 Å². The molecule has 2 heterocycles. The van der Waals surface area contributed by atoms with Crippen LogP contribution in [0.5, 0.6) is 17.2 Å². The number of fused-ring (bicyclic) bond motifs is 2. The van der Waals surface area contributed by atoms with E-state index in [1.54, 1.807) is 7.11 Å². The van der Waals surface area contributed by atoms with Crippen molar-refractivity contribution in [2.24, 2.45) is 0 Å². The number of ether oxygens (including phenoxy) is 3. The lowest BCUT2D eigenvalue weighted by Crippen LogP contribution is -2.26. The second-order valence-corrected chi connectivity index (χ2v) is 8.56. The zero-order valence-electron chi connectivity index (χ0n) is 18.3.